The van der Waals surface area contributed by atoms with Gasteiger partial charge in [-0.15, -0.1) is 0 Å². The zero-order valence-electron chi connectivity index (χ0n) is 8.66. The molecule has 0 atom stereocenters. The van der Waals surface area contributed by atoms with Crippen molar-refractivity contribution in [1.29, 1.82) is 0 Å². The first-order valence-electron chi connectivity index (χ1n) is 4.80. The second-order valence-electron chi connectivity index (χ2n) is 3.41. The average Bonchev–Trinajstić information content (AvgIpc) is 2.35. The average molecular weight is 231 g/mol. The molecule has 1 aromatic carbocycles. The van der Waals surface area contributed by atoms with E-state index in [0.717, 1.165) is 12.1 Å². The molecule has 5 nitrogen and oxygen atoms in total. The molecule has 3 N–H and O–H groups in total. The maximum atomic E-state index is 11.9. The highest BCUT2D eigenvalue weighted by Crippen LogP contribution is 2.35. The maximum Gasteiger partial charge on any atom is 0.211 e. The number of aromatic nitrogens is 1. The molecule has 86 valence electrons. The molecule has 0 fully saturated rings. The third-order valence-electron chi connectivity index (χ3n) is 2.23. The minimum atomic E-state index is -0.650. The van der Waals surface area contributed by atoms with Crippen LogP contribution in [0.25, 0.3) is 0 Å². The molecule has 0 amide bonds. The molecule has 0 saturated heterocycles. The molecule has 2 aromatic rings. The molecule has 0 radical (unpaired) electrons. The van der Waals surface area contributed by atoms with Crippen LogP contribution in [0.2, 0.25) is 0 Å². The molecule has 2 rings (SSSR count). The van der Waals surface area contributed by atoms with E-state index < -0.39 is 23.0 Å². The molecule has 0 spiro atoms. The molecule has 0 saturated carbocycles. The van der Waals surface area contributed by atoms with Crippen LogP contribution in [0, 0.1) is 0 Å². The number of benzene rings is 1. The van der Waals surface area contributed by atoms with Gasteiger partial charge in [0.2, 0.25) is 5.78 Å². The van der Waals surface area contributed by atoms with Gasteiger partial charge in [-0.25, -0.2) is 0 Å². The Bertz CT molecular complexity index is 543. The highest BCUT2D eigenvalue weighted by Gasteiger charge is 2.15. The first kappa shape index (κ1) is 10.9. The van der Waals surface area contributed by atoms with E-state index in [-0.39, 0.29) is 11.3 Å². The summed E-state index contributed by atoms with van der Waals surface area (Å²) in [5.41, 5.74) is 0.244. The number of carbonyl (C=O) groups is 1. The van der Waals surface area contributed by atoms with E-state index in [1.165, 1.54) is 12.3 Å². The van der Waals surface area contributed by atoms with Crippen LogP contribution >= 0.6 is 0 Å². The number of carbonyl (C=O) groups excluding carboxylic acids is 1. The van der Waals surface area contributed by atoms with Crippen molar-refractivity contribution in [2.75, 3.05) is 0 Å². The third-order valence-corrected chi connectivity index (χ3v) is 2.23. The van der Waals surface area contributed by atoms with Crippen molar-refractivity contribution in [3.8, 4) is 17.2 Å². The Morgan fingerprint density at radius 1 is 1.06 bits per heavy atom. The van der Waals surface area contributed by atoms with Crippen molar-refractivity contribution in [2.24, 2.45) is 0 Å². The number of phenolic OH excluding ortho intramolecular Hbond substituents is 3. The largest absolute Gasteiger partial charge is 0.504 e. The van der Waals surface area contributed by atoms with Crippen LogP contribution in [0.3, 0.4) is 0 Å². The van der Waals surface area contributed by atoms with Gasteiger partial charge in [-0.05, 0) is 24.3 Å². The summed E-state index contributed by atoms with van der Waals surface area (Å²) in [5, 5.41) is 27.7. The topological polar surface area (TPSA) is 90.7 Å². The van der Waals surface area contributed by atoms with Gasteiger partial charge in [0.15, 0.2) is 17.2 Å². The molecule has 1 aromatic heterocycles. The van der Waals surface area contributed by atoms with Gasteiger partial charge in [-0.2, -0.15) is 0 Å². The quantitative estimate of drug-likeness (QED) is 0.537. The number of phenols is 3. The standard InChI is InChI=1S/C12H9NO4/c14-9-5-7(6-10(15)12(9)17)11(16)8-3-1-2-4-13-8/h1-6,14-15,17H. The van der Waals surface area contributed by atoms with Crippen LogP contribution in [0.1, 0.15) is 16.1 Å². The van der Waals surface area contributed by atoms with Crippen molar-refractivity contribution in [1.82, 2.24) is 4.98 Å². The number of ketones is 1. The summed E-state index contributed by atoms with van der Waals surface area (Å²) in [6.45, 7) is 0. The van der Waals surface area contributed by atoms with Crippen molar-refractivity contribution in [2.45, 2.75) is 0 Å². The smallest absolute Gasteiger partial charge is 0.211 e. The first-order valence-corrected chi connectivity index (χ1v) is 4.80. The van der Waals surface area contributed by atoms with Crippen molar-refractivity contribution in [3.05, 3.63) is 47.8 Å². The molecule has 0 bridgehead atoms. The predicted octanol–water partition coefficient (Wildman–Crippen LogP) is 1.43. The maximum absolute atomic E-state index is 11.9. The molecule has 0 aliphatic heterocycles. The Hall–Kier alpha value is -2.56. The molecule has 1 heterocycles. The highest BCUT2D eigenvalue weighted by atomic mass is 16.3. The molecule has 0 unspecified atom stereocenters. The normalized spacial score (nSPS) is 10.1. The Kier molecular flexibility index (Phi) is 2.66. The van der Waals surface area contributed by atoms with E-state index in [2.05, 4.69) is 4.98 Å². The molecule has 0 aliphatic rings. The van der Waals surface area contributed by atoms with Crippen molar-refractivity contribution in [3.63, 3.8) is 0 Å². The van der Waals surface area contributed by atoms with Gasteiger partial charge in [0.05, 0.1) is 0 Å². The van der Waals surface area contributed by atoms with Crippen LogP contribution in [0.4, 0.5) is 0 Å². The second-order valence-corrected chi connectivity index (χ2v) is 3.41. The molecule has 17 heavy (non-hydrogen) atoms. The lowest BCUT2D eigenvalue weighted by Gasteiger charge is -2.04. The number of aromatic hydroxyl groups is 3. The summed E-state index contributed by atoms with van der Waals surface area (Å²) in [6.07, 6.45) is 1.47. The van der Waals surface area contributed by atoms with Crippen LogP contribution in [0.15, 0.2) is 36.5 Å². The van der Waals surface area contributed by atoms with E-state index in [1.807, 2.05) is 0 Å². The van der Waals surface area contributed by atoms with E-state index in [0.29, 0.717) is 0 Å². The van der Waals surface area contributed by atoms with E-state index >= 15 is 0 Å². The minimum absolute atomic E-state index is 0.0523. The lowest BCUT2D eigenvalue weighted by Crippen LogP contribution is -2.03. The van der Waals surface area contributed by atoms with Crippen molar-refractivity contribution >= 4 is 5.78 Å². The molecule has 5 heteroatoms. The summed E-state index contributed by atoms with van der Waals surface area (Å²) < 4.78 is 0. The van der Waals surface area contributed by atoms with Gasteiger partial charge >= 0.3 is 0 Å². The lowest BCUT2D eigenvalue weighted by molar-refractivity contribution is 0.103. The van der Waals surface area contributed by atoms with Gasteiger partial charge in [-0.1, -0.05) is 6.07 Å². The van der Waals surface area contributed by atoms with Gasteiger partial charge in [0.1, 0.15) is 5.69 Å². The third kappa shape index (κ3) is 2.03. The van der Waals surface area contributed by atoms with Crippen LogP contribution in [-0.2, 0) is 0 Å². The zero-order valence-corrected chi connectivity index (χ0v) is 8.66. The van der Waals surface area contributed by atoms with Gasteiger partial charge < -0.3 is 15.3 Å². The van der Waals surface area contributed by atoms with E-state index in [9.17, 15) is 15.0 Å². The molecular weight excluding hydrogens is 222 g/mol. The van der Waals surface area contributed by atoms with Crippen LogP contribution in [-0.4, -0.2) is 26.1 Å². The summed E-state index contributed by atoms with van der Waals surface area (Å²) in [6, 6.07) is 6.99. The summed E-state index contributed by atoms with van der Waals surface area (Å²) >= 11 is 0. The number of rotatable bonds is 2. The van der Waals surface area contributed by atoms with E-state index in [1.54, 1.807) is 12.1 Å². The lowest BCUT2D eigenvalue weighted by atomic mass is 10.1. The van der Waals surface area contributed by atoms with Crippen molar-refractivity contribution < 1.29 is 20.1 Å². The minimum Gasteiger partial charge on any atom is -0.504 e. The SMILES string of the molecule is O=C(c1cc(O)c(O)c(O)c1)c1ccccn1. The van der Waals surface area contributed by atoms with Crippen LogP contribution < -0.4 is 0 Å². The highest BCUT2D eigenvalue weighted by molar-refractivity contribution is 6.08. The number of pyridine rings is 1. The fourth-order valence-electron chi connectivity index (χ4n) is 1.38. The van der Waals surface area contributed by atoms with Gasteiger partial charge in [0, 0.05) is 11.8 Å². The summed E-state index contributed by atoms with van der Waals surface area (Å²) in [7, 11) is 0. The Labute approximate surface area is 96.6 Å². The number of hydrogen-bond donors (Lipinski definition) is 3. The van der Waals surface area contributed by atoms with E-state index in [4.69, 9.17) is 5.11 Å². The monoisotopic (exact) mass is 231 g/mol. The Morgan fingerprint density at radius 2 is 1.71 bits per heavy atom. The second kappa shape index (κ2) is 4.13. The zero-order chi connectivity index (χ0) is 12.4. The summed E-state index contributed by atoms with van der Waals surface area (Å²) in [4.78, 5) is 15.8. The van der Waals surface area contributed by atoms with Gasteiger partial charge in [0.25, 0.3) is 0 Å². The summed E-state index contributed by atoms with van der Waals surface area (Å²) in [5.74, 6) is -2.20. The van der Waals surface area contributed by atoms with Crippen LogP contribution in [0.5, 0.6) is 17.2 Å². The Balaban J connectivity index is 2.45. The molecule has 0 aliphatic carbocycles. The van der Waals surface area contributed by atoms with Gasteiger partial charge in [-0.3, -0.25) is 9.78 Å². The number of hydrogen-bond acceptors (Lipinski definition) is 5. The molecular formula is C12H9NO4. The Morgan fingerprint density at radius 3 is 2.24 bits per heavy atom. The fourth-order valence-corrected chi connectivity index (χ4v) is 1.38. The number of nitrogens with zero attached hydrogens (tertiary/aromatic N) is 1. The fraction of sp³-hybridized carbons (Fsp3) is 0. The first-order chi connectivity index (χ1) is 8.09. The predicted molar refractivity (Wildman–Crippen MR) is 59.1 cm³/mol.